The number of ether oxygens (including phenoxy) is 1. The number of azo groups is 1. The van der Waals surface area contributed by atoms with Crippen LogP contribution in [0, 0.1) is 0 Å². The second-order valence-electron chi connectivity index (χ2n) is 7.48. The fraction of sp³-hybridized carbons (Fsp3) is 0.217. The van der Waals surface area contributed by atoms with E-state index in [2.05, 4.69) is 19.4 Å². The summed E-state index contributed by atoms with van der Waals surface area (Å²) in [6.07, 6.45) is 1.66. The Kier molecular flexibility index (Phi) is 8.11. The van der Waals surface area contributed by atoms with Crippen molar-refractivity contribution in [2.75, 3.05) is 31.2 Å². The minimum absolute atomic E-state index is 0.116. The molecule has 1 aliphatic heterocycles. The van der Waals surface area contributed by atoms with E-state index in [1.807, 2.05) is 30.0 Å². The second kappa shape index (κ2) is 11.3. The van der Waals surface area contributed by atoms with Crippen LogP contribution in [-0.4, -0.2) is 50.0 Å². The molecule has 0 fully saturated rings. The van der Waals surface area contributed by atoms with Gasteiger partial charge in [0.1, 0.15) is 17.5 Å². The number of anilines is 1. The molecule has 1 aliphatic rings. The lowest BCUT2D eigenvalue weighted by molar-refractivity contribution is 0.100. The van der Waals surface area contributed by atoms with Crippen LogP contribution in [-0.2, 0) is 14.6 Å². The van der Waals surface area contributed by atoms with Crippen molar-refractivity contribution in [3.8, 4) is 5.75 Å². The SMILES string of the molecule is CCN(CCOS(=O)(=O)O)c1ccc(/N=N/c2nc(Cl)c(/C=C3/COc4ccccc4C3=O)s2)cc1. The maximum absolute atomic E-state index is 12.8. The van der Waals surface area contributed by atoms with E-state index in [-0.39, 0.29) is 30.7 Å². The van der Waals surface area contributed by atoms with Gasteiger partial charge in [0.2, 0.25) is 5.13 Å². The monoisotopic (exact) mass is 548 g/mol. The second-order valence-corrected chi connectivity index (χ2v) is 9.94. The molecule has 188 valence electrons. The molecule has 1 aromatic heterocycles. The predicted molar refractivity (Wildman–Crippen MR) is 137 cm³/mol. The summed E-state index contributed by atoms with van der Waals surface area (Å²) < 4.78 is 40.1. The number of hydrogen-bond donors (Lipinski definition) is 1. The van der Waals surface area contributed by atoms with Gasteiger partial charge in [-0.15, -0.1) is 10.2 Å². The normalized spacial score (nSPS) is 14.8. The summed E-state index contributed by atoms with van der Waals surface area (Å²) >= 11 is 7.47. The number of thiazole rings is 1. The molecule has 1 N–H and O–H groups in total. The Morgan fingerprint density at radius 2 is 1.97 bits per heavy atom. The number of nitrogens with zero attached hydrogens (tertiary/aromatic N) is 4. The van der Waals surface area contributed by atoms with Gasteiger partial charge < -0.3 is 9.64 Å². The lowest BCUT2D eigenvalue weighted by atomic mass is 10.00. The molecule has 36 heavy (non-hydrogen) atoms. The zero-order chi connectivity index (χ0) is 25.7. The van der Waals surface area contributed by atoms with Crippen molar-refractivity contribution < 1.29 is 26.7 Å². The summed E-state index contributed by atoms with van der Waals surface area (Å²) in [6.45, 7) is 2.74. The first-order valence-electron chi connectivity index (χ1n) is 10.8. The summed E-state index contributed by atoms with van der Waals surface area (Å²) in [4.78, 5) is 19.4. The van der Waals surface area contributed by atoms with Gasteiger partial charge in [0, 0.05) is 24.4 Å². The molecule has 0 radical (unpaired) electrons. The van der Waals surface area contributed by atoms with Crippen LogP contribution in [0.5, 0.6) is 5.75 Å². The fourth-order valence-electron chi connectivity index (χ4n) is 3.43. The first-order chi connectivity index (χ1) is 17.2. The maximum atomic E-state index is 12.8. The number of Topliss-reactive ketones (excluding diaryl/α,β-unsaturated/α-hetero) is 1. The van der Waals surface area contributed by atoms with Gasteiger partial charge in [0.25, 0.3) is 0 Å². The van der Waals surface area contributed by atoms with Crippen molar-refractivity contribution in [3.05, 3.63) is 69.7 Å². The Bertz CT molecular complexity index is 1420. The highest BCUT2D eigenvalue weighted by Crippen LogP contribution is 2.34. The number of ketones is 1. The molecule has 2 aromatic carbocycles. The molecule has 10 nitrogen and oxygen atoms in total. The molecule has 0 saturated carbocycles. The molecule has 0 spiro atoms. The Morgan fingerprint density at radius 3 is 2.69 bits per heavy atom. The predicted octanol–water partition coefficient (Wildman–Crippen LogP) is 5.52. The van der Waals surface area contributed by atoms with Crippen LogP contribution >= 0.6 is 22.9 Å². The van der Waals surface area contributed by atoms with E-state index in [1.54, 1.807) is 36.4 Å². The molecule has 0 atom stereocenters. The number of aromatic nitrogens is 1. The van der Waals surface area contributed by atoms with E-state index in [1.165, 1.54) is 11.3 Å². The van der Waals surface area contributed by atoms with Gasteiger partial charge in [-0.05, 0) is 49.4 Å². The number of carbonyl (C=O) groups is 1. The van der Waals surface area contributed by atoms with E-state index in [4.69, 9.17) is 20.9 Å². The first-order valence-corrected chi connectivity index (χ1v) is 13.3. The summed E-state index contributed by atoms with van der Waals surface area (Å²) in [5, 5.41) is 8.89. The standard InChI is InChI=1S/C23H21ClN4O6S2/c1-2-28(11-12-34-36(30,31)32)17-9-7-16(8-10-17)26-27-23-25-22(24)20(35-23)13-15-14-33-19-6-4-3-5-18(19)21(15)29/h3-10,13H,2,11-12,14H2,1H3,(H,30,31,32)/b15-13-,27-26+. The van der Waals surface area contributed by atoms with E-state index in [9.17, 15) is 13.2 Å². The number of halogens is 1. The molecule has 0 bridgehead atoms. The number of rotatable bonds is 9. The third-order valence-electron chi connectivity index (χ3n) is 5.15. The summed E-state index contributed by atoms with van der Waals surface area (Å²) in [5.74, 6) is 0.444. The van der Waals surface area contributed by atoms with Crippen LogP contribution < -0.4 is 9.64 Å². The third kappa shape index (κ3) is 6.53. The van der Waals surface area contributed by atoms with Crippen molar-refractivity contribution in [3.63, 3.8) is 0 Å². The number of fused-ring (bicyclic) bond motifs is 1. The smallest absolute Gasteiger partial charge is 0.397 e. The zero-order valence-electron chi connectivity index (χ0n) is 19.0. The van der Waals surface area contributed by atoms with Crippen LogP contribution in [0.15, 0.2) is 64.3 Å². The Balaban J connectivity index is 1.42. The first kappa shape index (κ1) is 25.9. The molecule has 0 unspecified atom stereocenters. The minimum atomic E-state index is -4.47. The molecular formula is C23H21ClN4O6S2. The molecule has 0 aliphatic carbocycles. The fourth-order valence-corrected chi connectivity index (χ4v) is 4.76. The number of likely N-dealkylation sites (N-methyl/N-ethyl adjacent to an activating group) is 1. The molecule has 3 aromatic rings. The van der Waals surface area contributed by atoms with Crippen LogP contribution in [0.25, 0.3) is 6.08 Å². The van der Waals surface area contributed by atoms with E-state index in [0.29, 0.717) is 39.1 Å². The average Bonchev–Trinajstić information content (AvgIpc) is 3.21. The van der Waals surface area contributed by atoms with Crippen LogP contribution in [0.1, 0.15) is 22.2 Å². The van der Waals surface area contributed by atoms with Gasteiger partial charge in [0.15, 0.2) is 5.78 Å². The van der Waals surface area contributed by atoms with Crippen molar-refractivity contribution in [1.29, 1.82) is 0 Å². The summed E-state index contributed by atoms with van der Waals surface area (Å²) in [6, 6.07) is 14.2. The topological polar surface area (TPSA) is 131 Å². The highest BCUT2D eigenvalue weighted by atomic mass is 35.5. The molecule has 13 heteroatoms. The average molecular weight is 549 g/mol. The summed E-state index contributed by atoms with van der Waals surface area (Å²) in [7, 11) is -4.47. The highest BCUT2D eigenvalue weighted by molar-refractivity contribution is 7.80. The van der Waals surface area contributed by atoms with Gasteiger partial charge in [0.05, 0.1) is 22.7 Å². The van der Waals surface area contributed by atoms with Crippen molar-refractivity contribution in [1.82, 2.24) is 4.98 Å². The van der Waals surface area contributed by atoms with Gasteiger partial charge >= 0.3 is 10.4 Å². The molecule has 0 amide bonds. The van der Waals surface area contributed by atoms with E-state index >= 15 is 0 Å². The number of hydrogen-bond acceptors (Lipinski definition) is 10. The van der Waals surface area contributed by atoms with Gasteiger partial charge in [-0.3, -0.25) is 9.35 Å². The Morgan fingerprint density at radius 1 is 1.22 bits per heavy atom. The number of benzene rings is 2. The molecular weight excluding hydrogens is 528 g/mol. The lowest BCUT2D eigenvalue weighted by Gasteiger charge is -2.22. The Labute approximate surface area is 216 Å². The summed E-state index contributed by atoms with van der Waals surface area (Å²) in [5.41, 5.74) is 2.37. The van der Waals surface area contributed by atoms with Crippen molar-refractivity contribution in [2.45, 2.75) is 6.92 Å². The quantitative estimate of drug-likeness (QED) is 0.210. The van der Waals surface area contributed by atoms with Gasteiger partial charge in [-0.1, -0.05) is 35.1 Å². The number of para-hydroxylation sites is 1. The molecule has 2 heterocycles. The number of carbonyl (C=O) groups excluding carboxylic acids is 1. The van der Waals surface area contributed by atoms with Crippen molar-refractivity contribution in [2.24, 2.45) is 10.2 Å². The zero-order valence-corrected chi connectivity index (χ0v) is 21.4. The lowest BCUT2D eigenvalue weighted by Crippen LogP contribution is -2.27. The van der Waals surface area contributed by atoms with Crippen molar-refractivity contribution >= 4 is 61.7 Å². The van der Waals surface area contributed by atoms with E-state index < -0.39 is 10.4 Å². The molecule has 0 saturated heterocycles. The largest absolute Gasteiger partial charge is 0.488 e. The van der Waals surface area contributed by atoms with Gasteiger partial charge in [-0.2, -0.15) is 8.42 Å². The van der Waals surface area contributed by atoms with Gasteiger partial charge in [-0.25, -0.2) is 9.17 Å². The van der Waals surface area contributed by atoms with Crippen LogP contribution in [0.3, 0.4) is 0 Å². The third-order valence-corrected chi connectivity index (χ3v) is 6.90. The minimum Gasteiger partial charge on any atom is -0.488 e. The van der Waals surface area contributed by atoms with Crippen LogP contribution in [0.2, 0.25) is 5.15 Å². The highest BCUT2D eigenvalue weighted by Gasteiger charge is 2.23. The maximum Gasteiger partial charge on any atom is 0.397 e. The Hall–Kier alpha value is -3.16. The molecule has 4 rings (SSSR count). The van der Waals surface area contributed by atoms with E-state index in [0.717, 1.165) is 5.69 Å². The van der Waals surface area contributed by atoms with Crippen LogP contribution in [0.4, 0.5) is 16.5 Å².